The maximum absolute atomic E-state index is 13.7. The van der Waals surface area contributed by atoms with Crippen molar-refractivity contribution < 1.29 is 23.9 Å². The van der Waals surface area contributed by atoms with Crippen LogP contribution in [0, 0.1) is 0 Å². The lowest BCUT2D eigenvalue weighted by molar-refractivity contribution is -0.163. The highest BCUT2D eigenvalue weighted by atomic mass is 16.8. The van der Waals surface area contributed by atoms with Crippen LogP contribution >= 0.6 is 0 Å². The van der Waals surface area contributed by atoms with Crippen LogP contribution in [0.2, 0.25) is 0 Å². The summed E-state index contributed by atoms with van der Waals surface area (Å²) in [6, 6.07) is 19.0. The van der Waals surface area contributed by atoms with Crippen LogP contribution in [-0.4, -0.2) is 52.1 Å². The molecule has 202 valence electrons. The minimum atomic E-state index is -1.07. The third kappa shape index (κ3) is 5.69. The van der Waals surface area contributed by atoms with E-state index in [4.69, 9.17) is 15.2 Å². The SMILES string of the molecule is CC1(C)O[C@@H](C(=O)NCc2ccc(-c3ccncc3C(N)=O)cc2)[C@H](C(=O)N2CCCC2c2ccccc2)O1. The molecule has 2 fully saturated rings. The first-order valence-corrected chi connectivity index (χ1v) is 13.1. The number of hydrogen-bond acceptors (Lipinski definition) is 6. The quantitative estimate of drug-likeness (QED) is 0.485. The van der Waals surface area contributed by atoms with Gasteiger partial charge in [0.25, 0.3) is 17.7 Å². The Labute approximate surface area is 227 Å². The molecule has 3 aromatic rings. The van der Waals surface area contributed by atoms with Gasteiger partial charge >= 0.3 is 0 Å². The molecule has 0 radical (unpaired) electrons. The molecular weight excluding hydrogens is 496 g/mol. The Balaban J connectivity index is 1.26. The first kappa shape index (κ1) is 26.5. The van der Waals surface area contributed by atoms with Crippen molar-refractivity contribution in [1.82, 2.24) is 15.2 Å². The molecule has 39 heavy (non-hydrogen) atoms. The van der Waals surface area contributed by atoms with E-state index in [9.17, 15) is 14.4 Å². The van der Waals surface area contributed by atoms with Crippen molar-refractivity contribution in [2.24, 2.45) is 5.73 Å². The Bertz CT molecular complexity index is 1360. The summed E-state index contributed by atoms with van der Waals surface area (Å²) in [6.07, 6.45) is 2.68. The number of carbonyl (C=O) groups excluding carboxylic acids is 3. The van der Waals surface area contributed by atoms with Gasteiger partial charge in [0, 0.05) is 25.5 Å². The minimum Gasteiger partial charge on any atom is -0.366 e. The number of benzene rings is 2. The lowest BCUT2D eigenvalue weighted by Crippen LogP contribution is -2.49. The predicted molar refractivity (Wildman–Crippen MR) is 144 cm³/mol. The maximum atomic E-state index is 13.7. The highest BCUT2D eigenvalue weighted by molar-refractivity contribution is 5.99. The second-order valence-electron chi connectivity index (χ2n) is 10.3. The van der Waals surface area contributed by atoms with Gasteiger partial charge in [0.1, 0.15) is 0 Å². The summed E-state index contributed by atoms with van der Waals surface area (Å²) < 4.78 is 11.9. The molecule has 3 N–H and O–H groups in total. The molecule has 0 saturated carbocycles. The van der Waals surface area contributed by atoms with Gasteiger partial charge in [0.05, 0.1) is 11.6 Å². The Morgan fingerprint density at radius 1 is 1.03 bits per heavy atom. The fourth-order valence-corrected chi connectivity index (χ4v) is 5.28. The van der Waals surface area contributed by atoms with Gasteiger partial charge in [-0.2, -0.15) is 0 Å². The number of ether oxygens (including phenoxy) is 2. The average molecular weight is 529 g/mol. The van der Waals surface area contributed by atoms with Gasteiger partial charge in [-0.15, -0.1) is 0 Å². The van der Waals surface area contributed by atoms with Crippen LogP contribution in [0.1, 0.15) is 54.2 Å². The summed E-state index contributed by atoms with van der Waals surface area (Å²) in [5, 5.41) is 2.89. The van der Waals surface area contributed by atoms with E-state index in [0.29, 0.717) is 17.7 Å². The monoisotopic (exact) mass is 528 g/mol. The van der Waals surface area contributed by atoms with E-state index in [1.807, 2.05) is 59.5 Å². The molecule has 0 spiro atoms. The number of likely N-dealkylation sites (tertiary alicyclic amines) is 1. The Morgan fingerprint density at radius 2 is 1.74 bits per heavy atom. The van der Waals surface area contributed by atoms with Gasteiger partial charge < -0.3 is 25.4 Å². The van der Waals surface area contributed by atoms with E-state index < -0.39 is 29.8 Å². The van der Waals surface area contributed by atoms with E-state index in [2.05, 4.69) is 10.3 Å². The minimum absolute atomic E-state index is 0.0521. The first-order chi connectivity index (χ1) is 18.7. The van der Waals surface area contributed by atoms with E-state index >= 15 is 0 Å². The molecule has 3 amide bonds. The highest BCUT2D eigenvalue weighted by Gasteiger charge is 2.51. The van der Waals surface area contributed by atoms with Gasteiger partial charge in [-0.05, 0) is 55.0 Å². The number of nitrogens with two attached hydrogens (primary N) is 1. The molecule has 1 unspecified atom stereocenters. The van der Waals surface area contributed by atoms with Gasteiger partial charge in [-0.1, -0.05) is 54.6 Å². The zero-order valence-corrected chi connectivity index (χ0v) is 22.0. The van der Waals surface area contributed by atoms with Crippen molar-refractivity contribution in [2.45, 2.75) is 57.3 Å². The van der Waals surface area contributed by atoms with Crippen LogP contribution in [-0.2, 0) is 25.6 Å². The predicted octanol–water partition coefficient (Wildman–Crippen LogP) is 3.35. The molecule has 9 heteroatoms. The lowest BCUT2D eigenvalue weighted by Gasteiger charge is -2.28. The zero-order valence-electron chi connectivity index (χ0n) is 22.0. The number of aromatic nitrogens is 1. The second-order valence-corrected chi connectivity index (χ2v) is 10.3. The molecule has 9 nitrogen and oxygen atoms in total. The van der Waals surface area contributed by atoms with E-state index in [-0.39, 0.29) is 18.5 Å². The van der Waals surface area contributed by atoms with Crippen molar-refractivity contribution in [1.29, 1.82) is 0 Å². The van der Waals surface area contributed by atoms with Crippen LogP contribution in [0.4, 0.5) is 0 Å². The summed E-state index contributed by atoms with van der Waals surface area (Å²) in [7, 11) is 0. The van der Waals surface area contributed by atoms with Crippen molar-refractivity contribution in [3.05, 3.63) is 89.7 Å². The number of amides is 3. The van der Waals surface area contributed by atoms with Crippen molar-refractivity contribution in [2.75, 3.05) is 6.54 Å². The van der Waals surface area contributed by atoms with E-state index in [0.717, 1.165) is 29.5 Å². The molecule has 3 atom stereocenters. The molecule has 2 aliphatic rings. The zero-order chi connectivity index (χ0) is 27.6. The smallest absolute Gasteiger partial charge is 0.255 e. The van der Waals surface area contributed by atoms with Gasteiger partial charge in [-0.25, -0.2) is 0 Å². The van der Waals surface area contributed by atoms with Crippen molar-refractivity contribution in [3.8, 4) is 11.1 Å². The molecule has 5 rings (SSSR count). The first-order valence-electron chi connectivity index (χ1n) is 13.1. The molecule has 0 aliphatic carbocycles. The standard InChI is InChI=1S/C30H32N4O5/c1-30(2)38-25(26(39-30)29(37)34-16-6-9-24(34)21-7-4-3-5-8-21)28(36)33-17-19-10-12-20(13-11-19)22-14-15-32-18-23(22)27(31)35/h3-5,7-8,10-15,18,24-26H,6,9,16-17H2,1-2H3,(H2,31,35)(H,33,36)/t24?,25-,26-/m1/s1. The van der Waals surface area contributed by atoms with Crippen molar-refractivity contribution >= 4 is 17.7 Å². The van der Waals surface area contributed by atoms with Gasteiger partial charge in [0.2, 0.25) is 0 Å². The normalized spacial score (nSPS) is 22.0. The van der Waals surface area contributed by atoms with E-state index in [1.165, 1.54) is 6.20 Å². The largest absolute Gasteiger partial charge is 0.366 e. The highest BCUT2D eigenvalue weighted by Crippen LogP contribution is 2.36. The topological polar surface area (TPSA) is 124 Å². The number of primary amides is 1. The second kappa shape index (κ2) is 11.0. The molecule has 0 bridgehead atoms. The van der Waals surface area contributed by atoms with Crippen LogP contribution < -0.4 is 11.1 Å². The summed E-state index contributed by atoms with van der Waals surface area (Å²) in [6.45, 7) is 4.25. The summed E-state index contributed by atoms with van der Waals surface area (Å²) in [5.41, 5.74) is 9.21. The van der Waals surface area contributed by atoms with Crippen molar-refractivity contribution in [3.63, 3.8) is 0 Å². The number of nitrogens with one attached hydrogen (secondary N) is 1. The van der Waals surface area contributed by atoms with Gasteiger partial charge in [0.15, 0.2) is 18.0 Å². The summed E-state index contributed by atoms with van der Waals surface area (Å²) >= 11 is 0. The molecule has 2 aliphatic heterocycles. The molecular formula is C30H32N4O5. The Hall–Kier alpha value is -4.08. The van der Waals surface area contributed by atoms with Crippen LogP contribution in [0.15, 0.2) is 73.1 Å². The maximum Gasteiger partial charge on any atom is 0.255 e. The van der Waals surface area contributed by atoms with Crippen LogP contribution in [0.5, 0.6) is 0 Å². The third-order valence-electron chi connectivity index (χ3n) is 7.14. The van der Waals surface area contributed by atoms with E-state index in [1.54, 1.807) is 26.1 Å². The number of carbonyl (C=O) groups is 3. The molecule has 3 heterocycles. The van der Waals surface area contributed by atoms with Crippen LogP contribution in [0.3, 0.4) is 0 Å². The molecule has 1 aromatic heterocycles. The fourth-order valence-electron chi connectivity index (χ4n) is 5.28. The number of rotatable bonds is 7. The Kier molecular flexibility index (Phi) is 7.45. The number of hydrogen-bond donors (Lipinski definition) is 2. The lowest BCUT2D eigenvalue weighted by atomic mass is 10.00. The fraction of sp³-hybridized carbons (Fsp3) is 0.333. The summed E-state index contributed by atoms with van der Waals surface area (Å²) in [4.78, 5) is 44.4. The Morgan fingerprint density at radius 3 is 2.46 bits per heavy atom. The third-order valence-corrected chi connectivity index (χ3v) is 7.14. The average Bonchev–Trinajstić information content (AvgIpc) is 3.56. The van der Waals surface area contributed by atoms with Gasteiger partial charge in [-0.3, -0.25) is 19.4 Å². The number of pyridine rings is 1. The van der Waals surface area contributed by atoms with Crippen LogP contribution in [0.25, 0.3) is 11.1 Å². The number of nitrogens with zero attached hydrogens (tertiary/aromatic N) is 2. The summed E-state index contributed by atoms with van der Waals surface area (Å²) in [5.74, 6) is -2.28. The molecule has 2 saturated heterocycles. The molecule has 2 aromatic carbocycles.